The third kappa shape index (κ3) is 3.58. The van der Waals surface area contributed by atoms with E-state index in [1.54, 1.807) is 25.3 Å². The summed E-state index contributed by atoms with van der Waals surface area (Å²) >= 11 is 0.881. The quantitative estimate of drug-likeness (QED) is 0.506. The summed E-state index contributed by atoms with van der Waals surface area (Å²) in [6, 6.07) is 6.01. The van der Waals surface area contributed by atoms with Crippen molar-refractivity contribution in [1.29, 1.82) is 0 Å². The second-order valence-corrected chi connectivity index (χ2v) is 9.64. The molecule has 7 nitrogen and oxygen atoms in total. The molecule has 5 rings (SSSR count). The molecule has 3 heterocycles. The molecule has 3 aromatic rings. The van der Waals surface area contributed by atoms with Crippen LogP contribution < -0.4 is 15.8 Å². The Balaban J connectivity index is 1.49. The van der Waals surface area contributed by atoms with Crippen molar-refractivity contribution in [2.75, 3.05) is 11.9 Å². The molecule has 3 atom stereocenters. The van der Waals surface area contributed by atoms with E-state index in [0.29, 0.717) is 22.5 Å². The second-order valence-electron chi connectivity index (χ2n) is 8.26. The molecule has 0 saturated heterocycles. The highest BCUT2D eigenvalue weighted by Crippen LogP contribution is 2.68. The molecule has 1 fully saturated rings. The summed E-state index contributed by atoms with van der Waals surface area (Å²) in [6.07, 6.45) is 5.79. The average molecular weight is 485 g/mol. The number of hydrogen-bond donors (Lipinski definition) is 2. The lowest BCUT2D eigenvalue weighted by molar-refractivity contribution is 0.124. The maximum absolute atomic E-state index is 15.0. The molecule has 0 bridgehead atoms. The summed E-state index contributed by atoms with van der Waals surface area (Å²) < 4.78 is 46.6. The normalized spacial score (nSPS) is 25.4. The SMILES string of the molecule is C#CCOc1cnc2c(Nc3ccc(F)c([C@]4(C)N=C(N)S[C@@]5(C(F)F)C[C@@H]45)c3)nccc2n1. The van der Waals surface area contributed by atoms with Gasteiger partial charge in [0.15, 0.2) is 17.6 Å². The lowest BCUT2D eigenvalue weighted by Gasteiger charge is -2.34. The van der Waals surface area contributed by atoms with Crippen LogP contribution in [0.15, 0.2) is 41.7 Å². The molecule has 1 aliphatic carbocycles. The van der Waals surface area contributed by atoms with E-state index in [-0.39, 0.29) is 29.6 Å². The van der Waals surface area contributed by atoms with Crippen LogP contribution >= 0.6 is 11.8 Å². The van der Waals surface area contributed by atoms with Crippen LogP contribution in [0.1, 0.15) is 18.9 Å². The number of alkyl halides is 2. The van der Waals surface area contributed by atoms with Crippen molar-refractivity contribution in [2.45, 2.75) is 30.1 Å². The highest BCUT2D eigenvalue weighted by Gasteiger charge is 2.71. The highest BCUT2D eigenvalue weighted by molar-refractivity contribution is 8.15. The first-order chi connectivity index (χ1) is 16.3. The first kappa shape index (κ1) is 22.3. The summed E-state index contributed by atoms with van der Waals surface area (Å²) in [5, 5.41) is 3.15. The van der Waals surface area contributed by atoms with Crippen LogP contribution in [0.4, 0.5) is 24.7 Å². The maximum Gasteiger partial charge on any atom is 0.253 e. The van der Waals surface area contributed by atoms with Crippen molar-refractivity contribution in [3.05, 3.63) is 48.0 Å². The number of aromatic nitrogens is 3. The van der Waals surface area contributed by atoms with Gasteiger partial charge in [0, 0.05) is 23.4 Å². The first-order valence-corrected chi connectivity index (χ1v) is 11.2. The van der Waals surface area contributed by atoms with Crippen molar-refractivity contribution >= 4 is 39.5 Å². The fraction of sp³-hybridized carbons (Fsp3) is 0.304. The average Bonchev–Trinajstić information content (AvgIpc) is 3.56. The van der Waals surface area contributed by atoms with Crippen LogP contribution in [-0.2, 0) is 5.54 Å². The Bertz CT molecular complexity index is 1360. The van der Waals surface area contributed by atoms with Crippen LogP contribution in [0.25, 0.3) is 11.0 Å². The van der Waals surface area contributed by atoms with Gasteiger partial charge in [-0.3, -0.25) is 4.99 Å². The number of fused-ring (bicyclic) bond motifs is 2. The number of nitrogens with one attached hydrogen (secondary N) is 1. The van der Waals surface area contributed by atoms with Gasteiger partial charge in [0.05, 0.1) is 22.0 Å². The number of terminal acetylenes is 1. The summed E-state index contributed by atoms with van der Waals surface area (Å²) in [5.74, 6) is 1.93. The Morgan fingerprint density at radius 3 is 2.94 bits per heavy atom. The van der Waals surface area contributed by atoms with Crippen molar-refractivity contribution in [2.24, 2.45) is 16.6 Å². The number of amidine groups is 1. The van der Waals surface area contributed by atoms with Crippen molar-refractivity contribution in [3.8, 4) is 18.2 Å². The number of aliphatic imine (C=N–C) groups is 1. The van der Waals surface area contributed by atoms with Gasteiger partial charge in [-0.25, -0.2) is 28.1 Å². The van der Waals surface area contributed by atoms with Crippen molar-refractivity contribution < 1.29 is 17.9 Å². The minimum atomic E-state index is -2.59. The summed E-state index contributed by atoms with van der Waals surface area (Å²) in [4.78, 5) is 17.4. The van der Waals surface area contributed by atoms with E-state index < -0.39 is 28.4 Å². The molecule has 0 unspecified atom stereocenters. The molecule has 3 N–H and O–H groups in total. The van der Waals surface area contributed by atoms with E-state index >= 15 is 0 Å². The fourth-order valence-corrected chi connectivity index (χ4v) is 5.77. The van der Waals surface area contributed by atoms with Crippen LogP contribution in [-0.4, -0.2) is 37.9 Å². The van der Waals surface area contributed by atoms with Crippen molar-refractivity contribution in [3.63, 3.8) is 0 Å². The second kappa shape index (κ2) is 8.06. The molecular weight excluding hydrogens is 465 g/mol. The van der Waals surface area contributed by atoms with Crippen LogP contribution in [0.2, 0.25) is 0 Å². The van der Waals surface area contributed by atoms with Gasteiger partial charge in [-0.15, -0.1) is 6.42 Å². The van der Waals surface area contributed by atoms with Gasteiger partial charge in [-0.2, -0.15) is 0 Å². The Labute approximate surface area is 197 Å². The maximum atomic E-state index is 15.0. The van der Waals surface area contributed by atoms with E-state index in [1.807, 2.05) is 0 Å². The molecule has 0 radical (unpaired) electrons. The smallest absolute Gasteiger partial charge is 0.253 e. The number of halogens is 3. The van der Waals surface area contributed by atoms with Gasteiger partial charge in [-0.05, 0) is 37.6 Å². The predicted octanol–water partition coefficient (Wildman–Crippen LogP) is 4.22. The van der Waals surface area contributed by atoms with E-state index in [4.69, 9.17) is 16.9 Å². The van der Waals surface area contributed by atoms with Gasteiger partial charge < -0.3 is 15.8 Å². The highest BCUT2D eigenvalue weighted by atomic mass is 32.2. The number of hydrogen-bond acceptors (Lipinski definition) is 8. The Morgan fingerprint density at radius 2 is 2.18 bits per heavy atom. The molecule has 2 aromatic heterocycles. The van der Waals surface area contributed by atoms with E-state index in [1.165, 1.54) is 18.3 Å². The van der Waals surface area contributed by atoms with Crippen LogP contribution in [0, 0.1) is 24.1 Å². The Hall–Kier alpha value is -3.52. The standard InChI is InChI=1S/C23H19F3N6OS/c1-3-8-33-17-11-29-18-15(31-17)6-7-28-19(18)30-12-4-5-14(24)13(9-12)22(2)16-10-23(16,20(25)26)34-21(27)32-22/h1,4-7,9,11,16,20H,8,10H2,2H3,(H2,27,32)(H,28,30)/t16-,22-,23-/m0/s1. The zero-order chi connectivity index (χ0) is 24.1. The number of ether oxygens (including phenoxy) is 1. The van der Waals surface area contributed by atoms with Gasteiger partial charge in [-0.1, -0.05) is 17.7 Å². The van der Waals surface area contributed by atoms with E-state index in [9.17, 15) is 13.2 Å². The van der Waals surface area contributed by atoms with E-state index in [0.717, 1.165) is 11.8 Å². The zero-order valence-corrected chi connectivity index (χ0v) is 18.7. The van der Waals surface area contributed by atoms with Gasteiger partial charge in [0.25, 0.3) is 6.43 Å². The number of nitrogens with two attached hydrogens (primary N) is 1. The molecule has 0 spiro atoms. The van der Waals surface area contributed by atoms with Crippen LogP contribution in [0.3, 0.4) is 0 Å². The minimum absolute atomic E-state index is 0.0307. The summed E-state index contributed by atoms with van der Waals surface area (Å²) in [6.45, 7) is 1.71. The number of anilines is 2. The molecule has 1 aliphatic heterocycles. The minimum Gasteiger partial charge on any atom is -0.463 e. The molecular formula is C23H19F3N6OS. The number of thioether (sulfide) groups is 1. The lowest BCUT2D eigenvalue weighted by Crippen LogP contribution is -2.38. The monoisotopic (exact) mass is 484 g/mol. The van der Waals surface area contributed by atoms with Gasteiger partial charge in [0.2, 0.25) is 5.88 Å². The van der Waals surface area contributed by atoms with Gasteiger partial charge in [0.1, 0.15) is 11.3 Å². The zero-order valence-electron chi connectivity index (χ0n) is 17.9. The number of nitrogens with zero attached hydrogens (tertiary/aromatic N) is 4. The fourth-order valence-electron chi connectivity index (χ4n) is 4.44. The topological polar surface area (TPSA) is 98.3 Å². The predicted molar refractivity (Wildman–Crippen MR) is 125 cm³/mol. The summed E-state index contributed by atoms with van der Waals surface area (Å²) in [7, 11) is 0. The molecule has 174 valence electrons. The Morgan fingerprint density at radius 1 is 1.35 bits per heavy atom. The van der Waals surface area contributed by atoms with Crippen LogP contribution in [0.5, 0.6) is 5.88 Å². The third-order valence-electron chi connectivity index (χ3n) is 6.15. The van der Waals surface area contributed by atoms with Crippen molar-refractivity contribution in [1.82, 2.24) is 15.0 Å². The van der Waals surface area contributed by atoms with Gasteiger partial charge >= 0.3 is 0 Å². The van der Waals surface area contributed by atoms with E-state index in [2.05, 4.69) is 31.2 Å². The molecule has 0 amide bonds. The number of pyridine rings is 1. The lowest BCUT2D eigenvalue weighted by atomic mass is 9.85. The molecule has 34 heavy (non-hydrogen) atoms. The number of rotatable bonds is 6. The largest absolute Gasteiger partial charge is 0.463 e. The summed E-state index contributed by atoms with van der Waals surface area (Å²) in [5.41, 5.74) is 6.33. The number of benzene rings is 1. The molecule has 1 aromatic carbocycles. The molecule has 11 heteroatoms. The first-order valence-electron chi connectivity index (χ1n) is 10.3. The molecule has 2 aliphatic rings. The molecule has 1 saturated carbocycles. The Kier molecular flexibility index (Phi) is 5.28. The third-order valence-corrected chi connectivity index (χ3v) is 7.46.